The highest BCUT2D eigenvalue weighted by Gasteiger charge is 2.21. The lowest BCUT2D eigenvalue weighted by atomic mass is 10.1. The molecule has 0 heterocycles. The van der Waals surface area contributed by atoms with E-state index in [4.69, 9.17) is 11.6 Å². The molecule has 1 aliphatic rings. The molecule has 104 valence electrons. The Hall–Kier alpha value is -1.13. The van der Waals surface area contributed by atoms with Crippen LogP contribution in [0.1, 0.15) is 31.7 Å². The smallest absolute Gasteiger partial charge is 0.275 e. The first-order valence-electron chi connectivity index (χ1n) is 6.70. The first kappa shape index (κ1) is 14.3. The zero-order valence-corrected chi connectivity index (χ0v) is 11.8. The van der Waals surface area contributed by atoms with Gasteiger partial charge in [-0.25, -0.2) is 0 Å². The minimum atomic E-state index is -0.374. The summed E-state index contributed by atoms with van der Waals surface area (Å²) in [4.78, 5) is 10.6. The van der Waals surface area contributed by atoms with Gasteiger partial charge in [0.1, 0.15) is 0 Å². The zero-order chi connectivity index (χ0) is 13.8. The predicted octanol–water partition coefficient (Wildman–Crippen LogP) is 3.77. The minimum absolute atomic E-state index is 0.0970. The fraction of sp³-hybridized carbons (Fsp3) is 0.571. The van der Waals surface area contributed by atoms with Crippen molar-refractivity contribution < 1.29 is 4.92 Å². The summed E-state index contributed by atoms with van der Waals surface area (Å²) >= 11 is 6.05. The first-order valence-corrected chi connectivity index (χ1v) is 7.08. The summed E-state index contributed by atoms with van der Waals surface area (Å²) in [5.41, 5.74) is 0.681. The maximum atomic E-state index is 11.0. The van der Waals surface area contributed by atoms with E-state index < -0.39 is 0 Å². The van der Waals surface area contributed by atoms with Crippen LogP contribution in [0.15, 0.2) is 18.2 Å². The van der Waals surface area contributed by atoms with Crippen molar-refractivity contribution in [1.82, 2.24) is 5.32 Å². The molecule has 0 amide bonds. The summed E-state index contributed by atoms with van der Waals surface area (Å²) in [7, 11) is 0. The third-order valence-electron chi connectivity index (χ3n) is 3.83. The van der Waals surface area contributed by atoms with Crippen LogP contribution in [0.5, 0.6) is 0 Å². The zero-order valence-electron chi connectivity index (χ0n) is 11.1. The van der Waals surface area contributed by atoms with E-state index in [0.717, 1.165) is 12.5 Å². The first-order chi connectivity index (χ1) is 9.08. The normalized spacial score (nSPS) is 22.6. The van der Waals surface area contributed by atoms with Crippen molar-refractivity contribution in [2.24, 2.45) is 11.8 Å². The highest BCUT2D eigenvalue weighted by atomic mass is 35.5. The van der Waals surface area contributed by atoms with Crippen molar-refractivity contribution in [3.63, 3.8) is 0 Å². The van der Waals surface area contributed by atoms with Crippen molar-refractivity contribution in [3.05, 3.63) is 38.9 Å². The molecule has 1 N–H and O–H groups in total. The Morgan fingerprint density at radius 2 is 2.26 bits per heavy atom. The van der Waals surface area contributed by atoms with Crippen molar-refractivity contribution in [2.75, 3.05) is 6.54 Å². The molecule has 4 nitrogen and oxygen atoms in total. The Labute approximate surface area is 118 Å². The van der Waals surface area contributed by atoms with Gasteiger partial charge >= 0.3 is 0 Å². The second kappa shape index (κ2) is 6.35. The van der Waals surface area contributed by atoms with E-state index in [9.17, 15) is 10.1 Å². The number of benzene rings is 1. The third-order valence-corrected chi connectivity index (χ3v) is 4.18. The van der Waals surface area contributed by atoms with Gasteiger partial charge in [-0.15, -0.1) is 0 Å². The average Bonchev–Trinajstić information content (AvgIpc) is 2.77. The lowest BCUT2D eigenvalue weighted by Crippen LogP contribution is -2.21. The van der Waals surface area contributed by atoms with Crippen LogP contribution in [0.2, 0.25) is 5.02 Å². The van der Waals surface area contributed by atoms with Gasteiger partial charge in [-0.1, -0.05) is 31.0 Å². The van der Waals surface area contributed by atoms with Crippen LogP contribution >= 0.6 is 11.6 Å². The minimum Gasteiger partial charge on any atom is -0.312 e. The van der Waals surface area contributed by atoms with Gasteiger partial charge in [0.15, 0.2) is 0 Å². The summed E-state index contributed by atoms with van der Waals surface area (Å²) in [6, 6.07) is 4.81. The Morgan fingerprint density at radius 1 is 1.47 bits per heavy atom. The molecule has 1 aromatic rings. The molecule has 1 saturated carbocycles. The SMILES string of the molecule is CC1CCC(CNCc2c(Cl)cccc2[N+](=O)[O-])C1. The summed E-state index contributed by atoms with van der Waals surface area (Å²) in [6.07, 6.45) is 3.79. The van der Waals surface area contributed by atoms with Gasteiger partial charge in [0.2, 0.25) is 0 Å². The third kappa shape index (κ3) is 3.67. The fourth-order valence-corrected chi connectivity index (χ4v) is 3.04. The molecule has 0 radical (unpaired) electrons. The second-order valence-corrected chi connectivity index (χ2v) is 5.82. The highest BCUT2D eigenvalue weighted by molar-refractivity contribution is 6.31. The summed E-state index contributed by atoms with van der Waals surface area (Å²) < 4.78 is 0. The number of hydrogen-bond acceptors (Lipinski definition) is 3. The summed E-state index contributed by atoms with van der Waals surface area (Å²) in [5.74, 6) is 1.50. The van der Waals surface area contributed by atoms with Crippen LogP contribution in [-0.4, -0.2) is 11.5 Å². The molecular formula is C14H19ClN2O2. The van der Waals surface area contributed by atoms with Crippen LogP contribution in [0, 0.1) is 22.0 Å². The Kier molecular flexibility index (Phi) is 4.77. The number of halogens is 1. The monoisotopic (exact) mass is 282 g/mol. The van der Waals surface area contributed by atoms with Crippen LogP contribution in [0.3, 0.4) is 0 Å². The molecule has 0 bridgehead atoms. The number of nitrogens with zero attached hydrogens (tertiary/aromatic N) is 1. The Morgan fingerprint density at radius 3 is 2.89 bits per heavy atom. The van der Waals surface area contributed by atoms with Crippen molar-refractivity contribution in [1.29, 1.82) is 0 Å². The summed E-state index contributed by atoms with van der Waals surface area (Å²) in [5, 5.41) is 14.7. The van der Waals surface area contributed by atoms with E-state index in [1.807, 2.05) is 0 Å². The van der Waals surface area contributed by atoms with Gasteiger partial charge in [-0.3, -0.25) is 10.1 Å². The van der Waals surface area contributed by atoms with E-state index in [-0.39, 0.29) is 10.6 Å². The second-order valence-electron chi connectivity index (χ2n) is 5.41. The molecule has 0 spiro atoms. The predicted molar refractivity (Wildman–Crippen MR) is 76.3 cm³/mol. The number of rotatable bonds is 5. The van der Waals surface area contributed by atoms with Crippen LogP contribution in [-0.2, 0) is 6.54 Å². The van der Waals surface area contributed by atoms with Crippen LogP contribution in [0.4, 0.5) is 5.69 Å². The molecule has 2 atom stereocenters. The van der Waals surface area contributed by atoms with Crippen LogP contribution in [0.25, 0.3) is 0 Å². The quantitative estimate of drug-likeness (QED) is 0.660. The van der Waals surface area contributed by atoms with Gasteiger partial charge in [-0.2, -0.15) is 0 Å². The molecule has 5 heteroatoms. The molecule has 1 aliphatic carbocycles. The fourth-order valence-electron chi connectivity index (χ4n) is 2.80. The van der Waals surface area contributed by atoms with Crippen molar-refractivity contribution in [3.8, 4) is 0 Å². The Balaban J connectivity index is 1.94. The standard InChI is InChI=1S/C14H19ClN2O2/c1-10-5-6-11(7-10)8-16-9-12-13(15)3-2-4-14(12)17(18)19/h2-4,10-11,16H,5-9H2,1H3. The van der Waals surface area contributed by atoms with E-state index in [1.54, 1.807) is 12.1 Å². The van der Waals surface area contributed by atoms with Crippen LogP contribution < -0.4 is 5.32 Å². The van der Waals surface area contributed by atoms with Gasteiger partial charge in [-0.05, 0) is 37.3 Å². The van der Waals surface area contributed by atoms with E-state index in [1.165, 1.54) is 25.3 Å². The van der Waals surface area contributed by atoms with Crippen molar-refractivity contribution in [2.45, 2.75) is 32.7 Å². The van der Waals surface area contributed by atoms with Gasteiger partial charge in [0.05, 0.1) is 15.5 Å². The molecule has 2 unspecified atom stereocenters. The Bertz CT molecular complexity index is 465. The van der Waals surface area contributed by atoms with E-state index >= 15 is 0 Å². The molecule has 0 aliphatic heterocycles. The number of nitrogens with one attached hydrogen (secondary N) is 1. The lowest BCUT2D eigenvalue weighted by Gasteiger charge is -2.12. The molecule has 19 heavy (non-hydrogen) atoms. The molecule has 2 rings (SSSR count). The van der Waals surface area contributed by atoms with E-state index in [0.29, 0.717) is 23.0 Å². The molecule has 0 saturated heterocycles. The maximum Gasteiger partial charge on any atom is 0.275 e. The molecular weight excluding hydrogens is 264 g/mol. The average molecular weight is 283 g/mol. The van der Waals surface area contributed by atoms with E-state index in [2.05, 4.69) is 12.2 Å². The lowest BCUT2D eigenvalue weighted by molar-refractivity contribution is -0.385. The molecule has 0 aromatic heterocycles. The number of hydrogen-bond donors (Lipinski definition) is 1. The topological polar surface area (TPSA) is 55.2 Å². The van der Waals surface area contributed by atoms with Crippen molar-refractivity contribution >= 4 is 17.3 Å². The van der Waals surface area contributed by atoms with Gasteiger partial charge in [0, 0.05) is 12.6 Å². The number of nitro benzene ring substituents is 1. The molecule has 1 aromatic carbocycles. The molecule has 1 fully saturated rings. The maximum absolute atomic E-state index is 11.0. The van der Waals surface area contributed by atoms with Gasteiger partial charge in [0.25, 0.3) is 5.69 Å². The summed E-state index contributed by atoms with van der Waals surface area (Å²) in [6.45, 7) is 3.65. The van der Waals surface area contributed by atoms with Gasteiger partial charge < -0.3 is 5.32 Å². The largest absolute Gasteiger partial charge is 0.312 e. The highest BCUT2D eigenvalue weighted by Crippen LogP contribution is 2.30. The number of nitro groups is 1.